The van der Waals surface area contributed by atoms with Crippen LogP contribution < -0.4 is 0 Å². The fourth-order valence-electron chi connectivity index (χ4n) is 1.76. The van der Waals surface area contributed by atoms with E-state index in [9.17, 15) is 0 Å². The summed E-state index contributed by atoms with van der Waals surface area (Å²) >= 11 is 0. The monoisotopic (exact) mass is 201 g/mol. The summed E-state index contributed by atoms with van der Waals surface area (Å²) in [4.78, 5) is 0. The highest BCUT2D eigenvalue weighted by Gasteiger charge is 2.16. The molecule has 0 saturated carbocycles. The van der Waals surface area contributed by atoms with Crippen LogP contribution in [-0.4, -0.2) is 47.9 Å². The maximum atomic E-state index is 2.40. The van der Waals surface area contributed by atoms with E-state index >= 15 is 0 Å². The summed E-state index contributed by atoms with van der Waals surface area (Å²) in [6, 6.07) is 0. The van der Waals surface area contributed by atoms with Crippen LogP contribution in [-0.2, 0) is 0 Å². The predicted octanol–water partition coefficient (Wildman–Crippen LogP) is 2.21. The lowest BCUT2D eigenvalue weighted by molar-refractivity contribution is -0.178. The summed E-state index contributed by atoms with van der Waals surface area (Å²) in [6.45, 7) is 16.6. The Morgan fingerprint density at radius 1 is 0.643 bits per heavy atom. The van der Waals surface area contributed by atoms with Gasteiger partial charge in [0.1, 0.15) is 0 Å². The normalized spacial score (nSPS) is 12.0. The van der Waals surface area contributed by atoms with Crippen LogP contribution in [0.5, 0.6) is 0 Å². The molecule has 0 unspecified atom stereocenters. The van der Waals surface area contributed by atoms with Gasteiger partial charge in [0.05, 0.1) is 0 Å². The number of nitrogens with zero attached hydrogens (tertiary/aromatic N) is 3. The summed E-state index contributed by atoms with van der Waals surface area (Å²) in [7, 11) is 0. The fourth-order valence-corrected chi connectivity index (χ4v) is 1.76. The van der Waals surface area contributed by atoms with Gasteiger partial charge in [0.25, 0.3) is 0 Å². The topological polar surface area (TPSA) is 9.72 Å². The molecule has 3 nitrogen and oxygen atoms in total. The highest BCUT2D eigenvalue weighted by molar-refractivity contribution is 4.53. The van der Waals surface area contributed by atoms with E-state index in [4.69, 9.17) is 0 Å². The first-order chi connectivity index (χ1) is 6.74. The predicted molar refractivity (Wildman–Crippen MR) is 62.8 cm³/mol. The lowest BCUT2D eigenvalue weighted by Crippen LogP contribution is -2.53. The van der Waals surface area contributed by atoms with Crippen molar-refractivity contribution in [3.63, 3.8) is 0 Å². The van der Waals surface area contributed by atoms with Crippen LogP contribution in [0.25, 0.3) is 0 Å². The maximum Gasteiger partial charge on any atom is 0.0290 e. The molecule has 14 heavy (non-hydrogen) atoms. The van der Waals surface area contributed by atoms with E-state index in [0.717, 1.165) is 32.7 Å². The van der Waals surface area contributed by atoms with Gasteiger partial charge in [-0.05, 0) is 6.42 Å². The van der Waals surface area contributed by atoms with Crippen molar-refractivity contribution in [2.24, 2.45) is 0 Å². The van der Waals surface area contributed by atoms with Crippen molar-refractivity contribution < 1.29 is 0 Å². The van der Waals surface area contributed by atoms with E-state index in [-0.39, 0.29) is 0 Å². The van der Waals surface area contributed by atoms with Gasteiger partial charge < -0.3 is 0 Å². The minimum Gasteiger partial charge on any atom is -0.229 e. The molecule has 3 heteroatoms. The zero-order valence-electron chi connectivity index (χ0n) is 10.6. The minimum absolute atomic E-state index is 1.09. The van der Waals surface area contributed by atoms with E-state index in [2.05, 4.69) is 49.8 Å². The Kier molecular flexibility index (Phi) is 8.14. The molecule has 0 heterocycles. The van der Waals surface area contributed by atoms with Crippen LogP contribution in [0.1, 0.15) is 41.0 Å². The maximum absolute atomic E-state index is 2.40. The number of rotatable bonds is 8. The van der Waals surface area contributed by atoms with Gasteiger partial charge in [-0.25, -0.2) is 10.0 Å². The SMILES string of the molecule is CCCN(N(CC)CC)N(CC)CC. The Hall–Kier alpha value is -0.120. The molecule has 0 saturated heterocycles. The van der Waals surface area contributed by atoms with Crippen molar-refractivity contribution in [1.82, 2.24) is 15.1 Å². The van der Waals surface area contributed by atoms with Gasteiger partial charge in [-0.1, -0.05) is 34.6 Å². The third-order valence-corrected chi connectivity index (χ3v) is 2.54. The lowest BCUT2D eigenvalue weighted by atomic mass is 10.5. The van der Waals surface area contributed by atoms with Crippen molar-refractivity contribution in [2.45, 2.75) is 41.0 Å². The van der Waals surface area contributed by atoms with E-state index in [0.29, 0.717) is 0 Å². The smallest absolute Gasteiger partial charge is 0.0290 e. The molecule has 0 atom stereocenters. The van der Waals surface area contributed by atoms with Crippen molar-refractivity contribution in [3.8, 4) is 0 Å². The van der Waals surface area contributed by atoms with Crippen LogP contribution in [0, 0.1) is 0 Å². The first-order valence-electron chi connectivity index (χ1n) is 6.02. The van der Waals surface area contributed by atoms with Gasteiger partial charge >= 0.3 is 0 Å². The second-order valence-corrected chi connectivity index (χ2v) is 3.37. The van der Waals surface area contributed by atoms with Crippen LogP contribution >= 0.6 is 0 Å². The fraction of sp³-hybridized carbons (Fsp3) is 1.00. The molecule has 0 spiro atoms. The molecule has 0 fully saturated rings. The molecular weight excluding hydrogens is 174 g/mol. The molecular formula is C11H27N3. The molecule has 0 aromatic heterocycles. The summed E-state index contributed by atoms with van der Waals surface area (Å²) in [6.07, 6.45) is 1.20. The van der Waals surface area contributed by atoms with Crippen LogP contribution in [0.15, 0.2) is 0 Å². The second kappa shape index (κ2) is 8.21. The lowest BCUT2D eigenvalue weighted by Gasteiger charge is -2.40. The molecule has 0 rings (SSSR count). The summed E-state index contributed by atoms with van der Waals surface area (Å²) in [5.74, 6) is 0. The number of hydrazine groups is 2. The average Bonchev–Trinajstić information content (AvgIpc) is 2.21. The zero-order chi connectivity index (χ0) is 11.0. The minimum atomic E-state index is 1.09. The van der Waals surface area contributed by atoms with E-state index in [1.54, 1.807) is 0 Å². The van der Waals surface area contributed by atoms with Crippen LogP contribution in [0.4, 0.5) is 0 Å². The highest BCUT2D eigenvalue weighted by atomic mass is 15.9. The quantitative estimate of drug-likeness (QED) is 0.558. The van der Waals surface area contributed by atoms with Gasteiger partial charge in [-0.3, -0.25) is 0 Å². The third kappa shape index (κ3) is 3.95. The molecule has 0 aliphatic rings. The summed E-state index contributed by atoms with van der Waals surface area (Å²) < 4.78 is 0. The van der Waals surface area contributed by atoms with Crippen LogP contribution in [0.3, 0.4) is 0 Å². The van der Waals surface area contributed by atoms with Gasteiger partial charge in [0.2, 0.25) is 0 Å². The van der Waals surface area contributed by atoms with Crippen molar-refractivity contribution >= 4 is 0 Å². The first-order valence-corrected chi connectivity index (χ1v) is 6.02. The van der Waals surface area contributed by atoms with Gasteiger partial charge in [-0.2, -0.15) is 5.12 Å². The molecule has 0 aliphatic heterocycles. The van der Waals surface area contributed by atoms with Gasteiger partial charge in [-0.15, -0.1) is 0 Å². The Balaban J connectivity index is 4.36. The molecule has 0 radical (unpaired) electrons. The largest absolute Gasteiger partial charge is 0.229 e. The average molecular weight is 201 g/mol. The van der Waals surface area contributed by atoms with Crippen molar-refractivity contribution in [3.05, 3.63) is 0 Å². The Labute approximate surface area is 89.6 Å². The highest BCUT2D eigenvalue weighted by Crippen LogP contribution is 2.04. The molecule has 0 bridgehead atoms. The number of hydrogen-bond acceptors (Lipinski definition) is 3. The van der Waals surface area contributed by atoms with E-state index in [1.165, 1.54) is 6.42 Å². The third-order valence-electron chi connectivity index (χ3n) is 2.54. The molecule has 0 N–H and O–H groups in total. The van der Waals surface area contributed by atoms with Crippen molar-refractivity contribution in [1.29, 1.82) is 0 Å². The zero-order valence-corrected chi connectivity index (χ0v) is 10.6. The van der Waals surface area contributed by atoms with Crippen LogP contribution in [0.2, 0.25) is 0 Å². The molecule has 0 aliphatic carbocycles. The van der Waals surface area contributed by atoms with E-state index < -0.39 is 0 Å². The Morgan fingerprint density at radius 3 is 1.21 bits per heavy atom. The second-order valence-electron chi connectivity index (χ2n) is 3.37. The Bertz CT molecular complexity index is 108. The molecule has 0 aromatic rings. The summed E-state index contributed by atoms with van der Waals surface area (Å²) in [5, 5.41) is 7.20. The first kappa shape index (κ1) is 13.9. The molecule has 0 aromatic carbocycles. The van der Waals surface area contributed by atoms with Crippen molar-refractivity contribution in [2.75, 3.05) is 32.7 Å². The van der Waals surface area contributed by atoms with E-state index in [1.807, 2.05) is 0 Å². The summed E-state index contributed by atoms with van der Waals surface area (Å²) in [5.41, 5.74) is 0. The Morgan fingerprint density at radius 2 is 1.00 bits per heavy atom. The van der Waals surface area contributed by atoms with Gasteiger partial charge in [0.15, 0.2) is 0 Å². The number of hydrogen-bond donors (Lipinski definition) is 0. The standard InChI is InChI=1S/C11H27N3/c1-6-11-14(12(7-2)8-3)13(9-4)10-5/h6-11H2,1-5H3. The molecule has 86 valence electrons. The molecule has 0 amide bonds. The van der Waals surface area contributed by atoms with Gasteiger partial charge in [0, 0.05) is 32.7 Å².